The summed E-state index contributed by atoms with van der Waals surface area (Å²) in [4.78, 5) is 6.42. The molecule has 0 aliphatic heterocycles. The van der Waals surface area contributed by atoms with Crippen molar-refractivity contribution in [1.82, 2.24) is 9.97 Å². The van der Waals surface area contributed by atoms with Crippen molar-refractivity contribution in [1.29, 1.82) is 0 Å². The van der Waals surface area contributed by atoms with Gasteiger partial charge in [0.15, 0.2) is 0 Å². The zero-order valence-corrected chi connectivity index (χ0v) is 8.21. The maximum atomic E-state index is 3.67. The second kappa shape index (κ2) is 10.2. The van der Waals surface area contributed by atoms with E-state index < -0.39 is 0 Å². The predicted molar refractivity (Wildman–Crippen MR) is 53.0 cm³/mol. The minimum atomic E-state index is 1.36. The Kier molecular flexibility index (Phi) is 9.54. The summed E-state index contributed by atoms with van der Waals surface area (Å²) in [7, 11) is 0. The Hall–Kier alpha value is -0.790. The lowest BCUT2D eigenvalue weighted by Crippen LogP contribution is -1.70. The first-order valence-corrected chi connectivity index (χ1v) is 4.84. The molecule has 0 aliphatic rings. The molecule has 1 N–H and O–H groups in total. The molecule has 0 bridgehead atoms. The van der Waals surface area contributed by atoms with Gasteiger partial charge in [0, 0.05) is 12.4 Å². The Morgan fingerprint density at radius 2 is 1.75 bits per heavy atom. The summed E-state index contributed by atoms with van der Waals surface area (Å²) in [5.41, 5.74) is 0. The summed E-state index contributed by atoms with van der Waals surface area (Å²) < 4.78 is 0. The van der Waals surface area contributed by atoms with Crippen LogP contribution in [0.25, 0.3) is 0 Å². The SMILES string of the molecule is CCCCCCC.c1c[nH]cn1. The summed E-state index contributed by atoms with van der Waals surface area (Å²) in [5.74, 6) is 0. The van der Waals surface area contributed by atoms with Crippen molar-refractivity contribution in [2.45, 2.75) is 46.0 Å². The molecule has 0 fully saturated rings. The first kappa shape index (κ1) is 11.2. The maximum Gasteiger partial charge on any atom is 0.0919 e. The summed E-state index contributed by atoms with van der Waals surface area (Å²) in [5, 5.41) is 0. The molecule has 0 aliphatic carbocycles. The van der Waals surface area contributed by atoms with Crippen LogP contribution in [0.2, 0.25) is 0 Å². The Morgan fingerprint density at radius 3 is 2.00 bits per heavy atom. The first-order chi connectivity index (χ1) is 5.91. The molecule has 0 aromatic carbocycles. The third kappa shape index (κ3) is 9.21. The van der Waals surface area contributed by atoms with Crippen molar-refractivity contribution < 1.29 is 0 Å². The highest BCUT2D eigenvalue weighted by Crippen LogP contribution is 2.00. The van der Waals surface area contributed by atoms with Gasteiger partial charge in [0.25, 0.3) is 0 Å². The van der Waals surface area contributed by atoms with Gasteiger partial charge in [-0.15, -0.1) is 0 Å². The highest BCUT2D eigenvalue weighted by molar-refractivity contribution is 4.64. The number of imidazole rings is 1. The van der Waals surface area contributed by atoms with Gasteiger partial charge >= 0.3 is 0 Å². The maximum absolute atomic E-state index is 3.67. The van der Waals surface area contributed by atoms with E-state index in [1.54, 1.807) is 18.7 Å². The van der Waals surface area contributed by atoms with E-state index in [0.29, 0.717) is 0 Å². The van der Waals surface area contributed by atoms with Crippen molar-refractivity contribution in [3.05, 3.63) is 18.7 Å². The van der Waals surface area contributed by atoms with E-state index in [1.807, 2.05) is 0 Å². The number of nitrogens with one attached hydrogen (secondary N) is 1. The standard InChI is InChI=1S/C7H16.C3H4N2/c1-3-5-7-6-4-2;1-2-5-3-4-1/h3-7H2,1-2H3;1-3H,(H,4,5). The van der Waals surface area contributed by atoms with E-state index in [9.17, 15) is 0 Å². The molecule has 12 heavy (non-hydrogen) atoms. The molecule has 0 unspecified atom stereocenters. The molecule has 0 saturated carbocycles. The molecule has 0 atom stereocenters. The topological polar surface area (TPSA) is 28.7 Å². The summed E-state index contributed by atoms with van der Waals surface area (Å²) >= 11 is 0. The lowest BCUT2D eigenvalue weighted by Gasteiger charge is -1.90. The second-order valence-corrected chi connectivity index (χ2v) is 2.82. The fourth-order valence-electron chi connectivity index (χ4n) is 0.892. The van der Waals surface area contributed by atoms with Crippen LogP contribution < -0.4 is 0 Å². The summed E-state index contributed by atoms with van der Waals surface area (Å²) in [6.07, 6.45) is 12.1. The molecule has 0 amide bonds. The van der Waals surface area contributed by atoms with Gasteiger partial charge in [-0.05, 0) is 0 Å². The van der Waals surface area contributed by atoms with Crippen LogP contribution in [0.3, 0.4) is 0 Å². The van der Waals surface area contributed by atoms with Crippen LogP contribution in [0.4, 0.5) is 0 Å². The smallest absolute Gasteiger partial charge is 0.0919 e. The average molecular weight is 168 g/mol. The summed E-state index contributed by atoms with van der Waals surface area (Å²) in [6, 6.07) is 0. The van der Waals surface area contributed by atoms with Crippen molar-refractivity contribution in [2.24, 2.45) is 0 Å². The monoisotopic (exact) mass is 168 g/mol. The highest BCUT2D eigenvalue weighted by Gasteiger charge is 1.80. The third-order valence-corrected chi connectivity index (χ3v) is 1.61. The van der Waals surface area contributed by atoms with Gasteiger partial charge in [0.05, 0.1) is 6.33 Å². The van der Waals surface area contributed by atoms with Crippen LogP contribution in [0.5, 0.6) is 0 Å². The van der Waals surface area contributed by atoms with Crippen LogP contribution in [-0.2, 0) is 0 Å². The molecule has 70 valence electrons. The van der Waals surface area contributed by atoms with Crippen molar-refractivity contribution >= 4 is 0 Å². The number of aromatic nitrogens is 2. The van der Waals surface area contributed by atoms with Gasteiger partial charge in [0.1, 0.15) is 0 Å². The highest BCUT2D eigenvalue weighted by atomic mass is 14.8. The Morgan fingerprint density at radius 1 is 1.08 bits per heavy atom. The number of rotatable bonds is 4. The molecule has 0 saturated heterocycles. The van der Waals surface area contributed by atoms with E-state index >= 15 is 0 Å². The van der Waals surface area contributed by atoms with E-state index in [1.165, 1.54) is 32.1 Å². The van der Waals surface area contributed by atoms with Crippen molar-refractivity contribution in [3.63, 3.8) is 0 Å². The molecule has 1 rings (SSSR count). The van der Waals surface area contributed by atoms with Gasteiger partial charge in [-0.1, -0.05) is 46.0 Å². The number of hydrogen-bond acceptors (Lipinski definition) is 1. The Balaban J connectivity index is 0.000000211. The molecular formula is C10H20N2. The summed E-state index contributed by atoms with van der Waals surface area (Å²) in [6.45, 7) is 4.49. The largest absolute Gasteiger partial charge is 0.351 e. The minimum Gasteiger partial charge on any atom is -0.351 e. The molecule has 1 heterocycles. The van der Waals surface area contributed by atoms with Gasteiger partial charge in [0.2, 0.25) is 0 Å². The van der Waals surface area contributed by atoms with Crippen molar-refractivity contribution in [3.8, 4) is 0 Å². The third-order valence-electron chi connectivity index (χ3n) is 1.61. The predicted octanol–water partition coefficient (Wildman–Crippen LogP) is 3.39. The number of nitrogens with zero attached hydrogens (tertiary/aromatic N) is 1. The first-order valence-electron chi connectivity index (χ1n) is 4.84. The van der Waals surface area contributed by atoms with E-state index in [-0.39, 0.29) is 0 Å². The number of hydrogen-bond donors (Lipinski definition) is 1. The Bertz CT molecular complexity index is 114. The van der Waals surface area contributed by atoms with Crippen LogP contribution in [0, 0.1) is 0 Å². The van der Waals surface area contributed by atoms with E-state index in [0.717, 1.165) is 0 Å². The van der Waals surface area contributed by atoms with Gasteiger partial charge in [-0.3, -0.25) is 0 Å². The number of H-pyrrole nitrogens is 1. The van der Waals surface area contributed by atoms with Gasteiger partial charge < -0.3 is 4.98 Å². The number of unbranched alkanes of at least 4 members (excludes halogenated alkanes) is 4. The van der Waals surface area contributed by atoms with Crippen LogP contribution in [-0.4, -0.2) is 9.97 Å². The normalized spacial score (nSPS) is 8.83. The number of aromatic amines is 1. The molecule has 2 nitrogen and oxygen atoms in total. The quantitative estimate of drug-likeness (QED) is 0.686. The fourth-order valence-corrected chi connectivity index (χ4v) is 0.892. The van der Waals surface area contributed by atoms with Crippen LogP contribution >= 0.6 is 0 Å². The molecule has 0 radical (unpaired) electrons. The molecule has 1 aromatic rings. The zero-order chi connectivity index (χ0) is 9.07. The van der Waals surface area contributed by atoms with E-state index in [2.05, 4.69) is 23.8 Å². The van der Waals surface area contributed by atoms with Crippen LogP contribution in [0.15, 0.2) is 18.7 Å². The van der Waals surface area contributed by atoms with Gasteiger partial charge in [-0.25, -0.2) is 4.98 Å². The fraction of sp³-hybridized carbons (Fsp3) is 0.700. The molecular weight excluding hydrogens is 148 g/mol. The van der Waals surface area contributed by atoms with E-state index in [4.69, 9.17) is 0 Å². The Labute approximate surface area is 75.4 Å². The molecule has 0 spiro atoms. The molecule has 2 heteroatoms. The van der Waals surface area contributed by atoms with Crippen molar-refractivity contribution in [2.75, 3.05) is 0 Å². The average Bonchev–Trinajstić information content (AvgIpc) is 2.62. The second-order valence-electron chi connectivity index (χ2n) is 2.82. The minimum absolute atomic E-state index is 1.36. The lowest BCUT2D eigenvalue weighted by atomic mass is 10.2. The van der Waals surface area contributed by atoms with Gasteiger partial charge in [-0.2, -0.15) is 0 Å². The molecule has 1 aromatic heterocycles. The lowest BCUT2D eigenvalue weighted by molar-refractivity contribution is 0.656. The zero-order valence-electron chi connectivity index (χ0n) is 8.21. The van der Waals surface area contributed by atoms with Crippen LogP contribution in [0.1, 0.15) is 46.0 Å².